The Morgan fingerprint density at radius 2 is 2.05 bits per heavy atom. The zero-order valence-corrected chi connectivity index (χ0v) is 12.1. The molecule has 0 bridgehead atoms. The highest BCUT2D eigenvalue weighted by Crippen LogP contribution is 2.29. The lowest BCUT2D eigenvalue weighted by atomic mass is 10.2. The van der Waals surface area contributed by atoms with Crippen molar-refractivity contribution in [3.05, 3.63) is 28.3 Å². The van der Waals surface area contributed by atoms with E-state index in [1.807, 2.05) is 0 Å². The van der Waals surface area contributed by atoms with Crippen LogP contribution >= 0.6 is 0 Å². The smallest absolute Gasteiger partial charge is 0.341 e. The van der Waals surface area contributed by atoms with Crippen LogP contribution in [0.4, 0.5) is 20.2 Å². The summed E-state index contributed by atoms with van der Waals surface area (Å²) in [6.45, 7) is 1.95. The van der Waals surface area contributed by atoms with Crippen LogP contribution in [0.5, 0.6) is 0 Å². The number of ether oxygens (including phenoxy) is 1. The van der Waals surface area contributed by atoms with E-state index in [9.17, 15) is 27.3 Å². The lowest BCUT2D eigenvalue weighted by Crippen LogP contribution is -2.19. The molecule has 1 N–H and O–H groups in total. The molecular weight excluding hydrogens is 310 g/mol. The summed E-state index contributed by atoms with van der Waals surface area (Å²) in [6, 6.07) is 2.59. The van der Waals surface area contributed by atoms with E-state index in [0.29, 0.717) is 6.07 Å². The zero-order chi connectivity index (χ0) is 16.2. The van der Waals surface area contributed by atoms with Crippen molar-refractivity contribution in [2.24, 2.45) is 0 Å². The summed E-state index contributed by atoms with van der Waals surface area (Å²) < 4.78 is 52.5. The van der Waals surface area contributed by atoms with Gasteiger partial charge in [0.2, 0.25) is 9.84 Å². The van der Waals surface area contributed by atoms with Crippen LogP contribution in [0.15, 0.2) is 23.1 Å². The second kappa shape index (κ2) is 6.76. The van der Waals surface area contributed by atoms with Gasteiger partial charge < -0.3 is 10.1 Å². The van der Waals surface area contributed by atoms with Crippen LogP contribution in [0.2, 0.25) is 0 Å². The molecule has 0 aromatic heterocycles. The quantitative estimate of drug-likeness (QED) is 0.609. The molecule has 0 aliphatic carbocycles. The maximum atomic E-state index is 12.4. The molecule has 0 aliphatic heterocycles. The SMILES string of the molecule is COC(C)CNc1ccc(S(=O)(=O)C(F)F)cc1[N+](=O)[O-]. The van der Waals surface area contributed by atoms with Crippen molar-refractivity contribution in [1.82, 2.24) is 0 Å². The summed E-state index contributed by atoms with van der Waals surface area (Å²) in [4.78, 5) is 9.30. The fourth-order valence-electron chi connectivity index (χ4n) is 1.43. The Bertz CT molecular complexity index is 621. The number of anilines is 1. The third-order valence-corrected chi connectivity index (χ3v) is 4.09. The molecule has 1 rings (SSSR count). The Morgan fingerprint density at radius 1 is 1.43 bits per heavy atom. The van der Waals surface area contributed by atoms with Crippen molar-refractivity contribution in [1.29, 1.82) is 0 Å². The van der Waals surface area contributed by atoms with Crippen LogP contribution in [0.25, 0.3) is 0 Å². The maximum Gasteiger partial charge on any atom is 0.341 e. The van der Waals surface area contributed by atoms with Crippen LogP contribution in [0, 0.1) is 10.1 Å². The highest BCUT2D eigenvalue weighted by atomic mass is 32.2. The van der Waals surface area contributed by atoms with E-state index in [2.05, 4.69) is 5.32 Å². The minimum atomic E-state index is -4.88. The van der Waals surface area contributed by atoms with E-state index in [1.165, 1.54) is 7.11 Å². The van der Waals surface area contributed by atoms with Crippen molar-refractivity contribution in [2.45, 2.75) is 23.7 Å². The number of sulfone groups is 1. The van der Waals surface area contributed by atoms with Gasteiger partial charge in [0.1, 0.15) is 5.69 Å². The fraction of sp³-hybridized carbons (Fsp3) is 0.455. The topological polar surface area (TPSA) is 98.5 Å². The van der Waals surface area contributed by atoms with E-state index < -0.39 is 31.1 Å². The molecule has 0 aliphatic rings. The number of nitrogens with one attached hydrogen (secondary N) is 1. The van der Waals surface area contributed by atoms with Crippen LogP contribution in [0.3, 0.4) is 0 Å². The Morgan fingerprint density at radius 3 is 2.52 bits per heavy atom. The number of halogens is 2. The Hall–Kier alpha value is -1.81. The Labute approximate surface area is 120 Å². The van der Waals surface area contributed by atoms with Crippen LogP contribution in [-0.4, -0.2) is 38.9 Å². The zero-order valence-electron chi connectivity index (χ0n) is 11.2. The molecule has 1 unspecified atom stereocenters. The summed E-state index contributed by atoms with van der Waals surface area (Å²) >= 11 is 0. The van der Waals surface area contributed by atoms with E-state index in [0.717, 1.165) is 12.1 Å². The number of hydrogen-bond acceptors (Lipinski definition) is 6. The number of benzene rings is 1. The van der Waals surface area contributed by atoms with Gasteiger partial charge in [-0.2, -0.15) is 8.78 Å². The Balaban J connectivity index is 3.17. The van der Waals surface area contributed by atoms with Crippen molar-refractivity contribution >= 4 is 21.2 Å². The number of alkyl halides is 2. The summed E-state index contributed by atoms with van der Waals surface area (Å²) in [7, 11) is -3.42. The van der Waals surface area contributed by atoms with Gasteiger partial charge in [-0.1, -0.05) is 0 Å². The fourth-order valence-corrected chi connectivity index (χ4v) is 2.17. The Kier molecular flexibility index (Phi) is 5.55. The number of hydrogen-bond donors (Lipinski definition) is 1. The van der Waals surface area contributed by atoms with E-state index in [1.54, 1.807) is 6.92 Å². The maximum absolute atomic E-state index is 12.4. The van der Waals surface area contributed by atoms with Crippen LogP contribution in [0.1, 0.15) is 6.92 Å². The first-order valence-electron chi connectivity index (χ1n) is 5.77. The minimum Gasteiger partial charge on any atom is -0.380 e. The molecule has 1 aromatic carbocycles. The molecule has 0 saturated heterocycles. The van der Waals surface area contributed by atoms with Crippen molar-refractivity contribution in [3.8, 4) is 0 Å². The summed E-state index contributed by atoms with van der Waals surface area (Å²) in [6.07, 6.45) is -0.242. The number of methoxy groups -OCH3 is 1. The normalized spacial score (nSPS) is 13.2. The molecule has 1 atom stereocenters. The van der Waals surface area contributed by atoms with Crippen LogP contribution in [-0.2, 0) is 14.6 Å². The summed E-state index contributed by atoms with van der Waals surface area (Å²) in [5, 5.41) is 13.6. The molecule has 1 aromatic rings. The average molecular weight is 324 g/mol. The number of nitro groups is 1. The summed E-state index contributed by atoms with van der Waals surface area (Å²) in [5.74, 6) is -3.63. The number of nitro benzene ring substituents is 1. The molecule has 0 saturated carbocycles. The van der Waals surface area contributed by atoms with Gasteiger partial charge in [-0.3, -0.25) is 10.1 Å². The molecule has 0 amide bonds. The second-order valence-electron chi connectivity index (χ2n) is 4.17. The first kappa shape index (κ1) is 17.2. The highest BCUT2D eigenvalue weighted by molar-refractivity contribution is 7.91. The van der Waals surface area contributed by atoms with Gasteiger partial charge in [0.05, 0.1) is 15.9 Å². The highest BCUT2D eigenvalue weighted by Gasteiger charge is 2.29. The van der Waals surface area contributed by atoms with E-state index >= 15 is 0 Å². The molecular formula is C11H14F2N2O5S. The third kappa shape index (κ3) is 4.08. The lowest BCUT2D eigenvalue weighted by Gasteiger charge is -2.12. The molecule has 21 heavy (non-hydrogen) atoms. The predicted octanol–water partition coefficient (Wildman–Crippen LogP) is 2.04. The number of nitrogens with zero attached hydrogens (tertiary/aromatic N) is 1. The van der Waals surface area contributed by atoms with Gasteiger partial charge in [-0.25, -0.2) is 8.42 Å². The standard InChI is InChI=1S/C11H14F2N2O5S/c1-7(20-2)6-14-9-4-3-8(5-10(9)15(16)17)21(18,19)11(12)13/h3-5,7,11,14H,6H2,1-2H3. The van der Waals surface area contributed by atoms with Gasteiger partial charge >= 0.3 is 5.76 Å². The van der Waals surface area contributed by atoms with Crippen molar-refractivity contribution < 1.29 is 26.9 Å². The van der Waals surface area contributed by atoms with Gasteiger partial charge in [0.25, 0.3) is 5.69 Å². The molecule has 0 heterocycles. The second-order valence-corrected chi connectivity index (χ2v) is 6.09. The molecule has 7 nitrogen and oxygen atoms in total. The number of rotatable bonds is 7. The first-order chi connectivity index (χ1) is 9.70. The van der Waals surface area contributed by atoms with Crippen molar-refractivity contribution in [3.63, 3.8) is 0 Å². The average Bonchev–Trinajstić information content (AvgIpc) is 2.43. The monoisotopic (exact) mass is 324 g/mol. The van der Waals surface area contributed by atoms with Gasteiger partial charge in [-0.05, 0) is 19.1 Å². The van der Waals surface area contributed by atoms with Gasteiger partial charge in [0.15, 0.2) is 0 Å². The third-order valence-electron chi connectivity index (χ3n) is 2.71. The molecule has 0 spiro atoms. The van der Waals surface area contributed by atoms with E-state index in [-0.39, 0.29) is 18.3 Å². The van der Waals surface area contributed by atoms with Gasteiger partial charge in [0, 0.05) is 19.7 Å². The largest absolute Gasteiger partial charge is 0.380 e. The van der Waals surface area contributed by atoms with E-state index in [4.69, 9.17) is 4.74 Å². The van der Waals surface area contributed by atoms with Crippen molar-refractivity contribution in [2.75, 3.05) is 19.0 Å². The minimum absolute atomic E-state index is 0.0251. The first-order valence-corrected chi connectivity index (χ1v) is 7.32. The molecule has 0 fully saturated rings. The van der Waals surface area contributed by atoms with Gasteiger partial charge in [-0.15, -0.1) is 0 Å². The molecule has 118 valence electrons. The predicted molar refractivity (Wildman–Crippen MR) is 71.2 cm³/mol. The summed E-state index contributed by atoms with van der Waals surface area (Å²) in [5.41, 5.74) is -0.572. The van der Waals surface area contributed by atoms with Crippen LogP contribution < -0.4 is 5.32 Å². The molecule has 10 heteroatoms. The molecule has 0 radical (unpaired) electrons. The lowest BCUT2D eigenvalue weighted by molar-refractivity contribution is -0.384.